The molecule has 11 heteroatoms. The van der Waals surface area contributed by atoms with Crippen LogP contribution < -0.4 is 10.4 Å². The molecule has 0 spiro atoms. The van der Waals surface area contributed by atoms with E-state index < -0.39 is 23.3 Å². The summed E-state index contributed by atoms with van der Waals surface area (Å²) in [6.07, 6.45) is -3.29. The van der Waals surface area contributed by atoms with Crippen molar-refractivity contribution < 1.29 is 37.0 Å². The molecule has 8 nitrogen and oxygen atoms in total. The van der Waals surface area contributed by atoms with E-state index in [9.17, 15) is 27.9 Å². The first kappa shape index (κ1) is 21.9. The maximum atomic E-state index is 13.0. The van der Waals surface area contributed by atoms with E-state index in [2.05, 4.69) is 5.10 Å². The fourth-order valence-electron chi connectivity index (χ4n) is 3.16. The van der Waals surface area contributed by atoms with E-state index in [1.54, 1.807) is 0 Å². The van der Waals surface area contributed by atoms with Crippen LogP contribution in [0, 0.1) is 0 Å². The molecule has 0 aliphatic heterocycles. The van der Waals surface area contributed by atoms with Crippen molar-refractivity contribution in [1.29, 1.82) is 0 Å². The van der Waals surface area contributed by atoms with E-state index >= 15 is 0 Å². The predicted octanol–water partition coefficient (Wildman–Crippen LogP) is 4.07. The number of carbonyl (C=O) groups excluding carboxylic acids is 1. The number of phenolic OH excluding ortho intramolecular Hbond substituents is 1. The Morgan fingerprint density at radius 2 is 1.97 bits per heavy atom. The zero-order valence-corrected chi connectivity index (χ0v) is 16.9. The Hall–Kier alpha value is -4.28. The molecule has 1 N–H and O–H groups in total. The number of hydrogen-bond donors (Lipinski definition) is 1. The van der Waals surface area contributed by atoms with Crippen LogP contribution in [0.2, 0.25) is 0 Å². The van der Waals surface area contributed by atoms with Crippen molar-refractivity contribution in [3.8, 4) is 17.2 Å². The number of benzene rings is 2. The number of halogens is 3. The number of esters is 1. The first-order chi connectivity index (χ1) is 15.7. The molecule has 0 aliphatic rings. The van der Waals surface area contributed by atoms with E-state index in [0.717, 1.165) is 22.9 Å². The van der Waals surface area contributed by atoms with E-state index in [4.69, 9.17) is 13.9 Å². The SMILES string of the molecule is COc1cn(-c2cccc(C(F)(F)F)c2)nc1C(=O)OCc1cc(=O)oc2cc(O)ccc12. The molecule has 0 fully saturated rings. The lowest BCUT2D eigenvalue weighted by molar-refractivity contribution is -0.137. The number of carbonyl (C=O) groups is 1. The second-order valence-corrected chi connectivity index (χ2v) is 6.89. The van der Waals surface area contributed by atoms with Crippen molar-refractivity contribution in [2.24, 2.45) is 0 Å². The maximum absolute atomic E-state index is 13.0. The van der Waals surface area contributed by atoms with Crippen LogP contribution >= 0.6 is 0 Å². The van der Waals surface area contributed by atoms with Gasteiger partial charge in [0.2, 0.25) is 5.69 Å². The largest absolute Gasteiger partial charge is 0.508 e. The summed E-state index contributed by atoms with van der Waals surface area (Å²) in [4.78, 5) is 24.4. The van der Waals surface area contributed by atoms with Crippen molar-refractivity contribution in [2.45, 2.75) is 12.8 Å². The number of hydrogen-bond acceptors (Lipinski definition) is 7. The third-order valence-electron chi connectivity index (χ3n) is 4.70. The van der Waals surface area contributed by atoms with Gasteiger partial charge in [-0.15, -0.1) is 0 Å². The smallest absolute Gasteiger partial charge is 0.416 e. The highest BCUT2D eigenvalue weighted by atomic mass is 19.4. The predicted molar refractivity (Wildman–Crippen MR) is 108 cm³/mol. The molecule has 4 rings (SSSR count). The van der Waals surface area contributed by atoms with Crippen LogP contribution in [0.3, 0.4) is 0 Å². The average Bonchev–Trinajstić information content (AvgIpc) is 3.21. The molecule has 2 aromatic heterocycles. The van der Waals surface area contributed by atoms with Gasteiger partial charge in [0.05, 0.1) is 24.6 Å². The van der Waals surface area contributed by atoms with E-state index in [1.165, 1.54) is 43.6 Å². The number of ether oxygens (including phenoxy) is 2. The molecule has 0 saturated carbocycles. The minimum atomic E-state index is -4.54. The number of phenols is 1. The van der Waals surface area contributed by atoms with Crippen molar-refractivity contribution in [1.82, 2.24) is 9.78 Å². The number of rotatable bonds is 5. The number of aromatic nitrogens is 2. The molecule has 2 aromatic carbocycles. The Balaban J connectivity index is 1.61. The normalized spacial score (nSPS) is 11.5. The van der Waals surface area contributed by atoms with Gasteiger partial charge in [0.25, 0.3) is 0 Å². The summed E-state index contributed by atoms with van der Waals surface area (Å²) in [5.74, 6) is -1.04. The Labute approximate surface area is 183 Å². The monoisotopic (exact) mass is 460 g/mol. The third kappa shape index (κ3) is 4.52. The molecule has 0 aliphatic carbocycles. The molecule has 0 amide bonds. The lowest BCUT2D eigenvalue weighted by atomic mass is 10.1. The highest BCUT2D eigenvalue weighted by molar-refractivity contribution is 5.90. The molecule has 2 heterocycles. The van der Waals surface area contributed by atoms with Gasteiger partial charge in [-0.05, 0) is 30.3 Å². The van der Waals surface area contributed by atoms with Crippen molar-refractivity contribution >= 4 is 16.9 Å². The van der Waals surface area contributed by atoms with Gasteiger partial charge in [-0.25, -0.2) is 14.3 Å². The Kier molecular flexibility index (Phi) is 5.54. The first-order valence-corrected chi connectivity index (χ1v) is 9.40. The van der Waals surface area contributed by atoms with Crippen LogP contribution in [0.15, 0.2) is 63.9 Å². The highest BCUT2D eigenvalue weighted by Crippen LogP contribution is 2.31. The van der Waals surface area contributed by atoms with Gasteiger partial charge in [-0.3, -0.25) is 0 Å². The molecule has 170 valence electrons. The number of methoxy groups -OCH3 is 1. The number of alkyl halides is 3. The summed E-state index contributed by atoms with van der Waals surface area (Å²) in [5.41, 5.74) is -1.34. The second kappa shape index (κ2) is 8.34. The number of fused-ring (bicyclic) bond motifs is 1. The lowest BCUT2D eigenvalue weighted by Crippen LogP contribution is -2.10. The van der Waals surface area contributed by atoms with Gasteiger partial charge in [-0.2, -0.15) is 18.3 Å². The summed E-state index contributed by atoms with van der Waals surface area (Å²) in [5, 5.41) is 14.0. The minimum absolute atomic E-state index is 0.0141. The zero-order valence-electron chi connectivity index (χ0n) is 16.9. The molecule has 0 atom stereocenters. The third-order valence-corrected chi connectivity index (χ3v) is 4.70. The Morgan fingerprint density at radius 1 is 1.18 bits per heavy atom. The molecule has 0 bridgehead atoms. The van der Waals surface area contributed by atoms with Crippen molar-refractivity contribution in [3.05, 3.63) is 82.0 Å². The fraction of sp³-hybridized carbons (Fsp3) is 0.136. The van der Waals surface area contributed by atoms with Gasteiger partial charge >= 0.3 is 17.8 Å². The highest BCUT2D eigenvalue weighted by Gasteiger charge is 2.31. The molecular weight excluding hydrogens is 445 g/mol. The minimum Gasteiger partial charge on any atom is -0.508 e. The summed E-state index contributed by atoms with van der Waals surface area (Å²) in [7, 11) is 1.27. The van der Waals surface area contributed by atoms with Crippen LogP contribution in [0.4, 0.5) is 13.2 Å². The van der Waals surface area contributed by atoms with E-state index in [-0.39, 0.29) is 35.1 Å². The number of aromatic hydroxyl groups is 1. The summed E-state index contributed by atoms with van der Waals surface area (Å²) < 4.78 is 55.5. The Bertz CT molecular complexity index is 1410. The van der Waals surface area contributed by atoms with Crippen LogP contribution in [0.25, 0.3) is 16.7 Å². The van der Waals surface area contributed by atoms with Gasteiger partial charge < -0.3 is 19.0 Å². The standard InChI is InChI=1S/C22H15F3N2O6/c1-31-18-10-27(14-4-2-3-13(8-14)22(23,24)25)26-20(18)21(30)32-11-12-7-19(29)33-17-9-15(28)5-6-16(12)17/h2-10,28H,11H2,1H3. The van der Waals surface area contributed by atoms with Gasteiger partial charge in [0.15, 0.2) is 5.75 Å². The summed E-state index contributed by atoms with van der Waals surface area (Å²) in [6, 6.07) is 9.68. The van der Waals surface area contributed by atoms with Gasteiger partial charge in [0, 0.05) is 23.1 Å². The molecule has 0 radical (unpaired) electrons. The molecule has 0 unspecified atom stereocenters. The molecule has 4 aromatic rings. The molecule has 0 saturated heterocycles. The van der Waals surface area contributed by atoms with Crippen LogP contribution in [0.1, 0.15) is 21.6 Å². The van der Waals surface area contributed by atoms with Crippen LogP contribution in [-0.2, 0) is 17.5 Å². The lowest BCUT2D eigenvalue weighted by Gasteiger charge is -2.08. The topological polar surface area (TPSA) is 104 Å². The maximum Gasteiger partial charge on any atom is 0.416 e. The quantitative estimate of drug-likeness (QED) is 0.354. The summed E-state index contributed by atoms with van der Waals surface area (Å²) in [6.45, 7) is -0.328. The average molecular weight is 460 g/mol. The van der Waals surface area contributed by atoms with Crippen LogP contribution in [-0.4, -0.2) is 28.0 Å². The van der Waals surface area contributed by atoms with E-state index in [0.29, 0.717) is 10.9 Å². The fourth-order valence-corrected chi connectivity index (χ4v) is 3.16. The molecular formula is C22H15F3N2O6. The number of nitrogens with zero attached hydrogens (tertiary/aromatic N) is 2. The second-order valence-electron chi connectivity index (χ2n) is 6.89. The van der Waals surface area contributed by atoms with E-state index in [1.807, 2.05) is 0 Å². The zero-order chi connectivity index (χ0) is 23.8. The van der Waals surface area contributed by atoms with Gasteiger partial charge in [0.1, 0.15) is 17.9 Å². The van der Waals surface area contributed by atoms with Crippen molar-refractivity contribution in [3.63, 3.8) is 0 Å². The van der Waals surface area contributed by atoms with Gasteiger partial charge in [-0.1, -0.05) is 6.07 Å². The Morgan fingerprint density at radius 3 is 2.70 bits per heavy atom. The van der Waals surface area contributed by atoms with Crippen molar-refractivity contribution in [2.75, 3.05) is 7.11 Å². The molecule has 33 heavy (non-hydrogen) atoms. The summed E-state index contributed by atoms with van der Waals surface area (Å²) >= 11 is 0. The van der Waals surface area contributed by atoms with Crippen LogP contribution in [0.5, 0.6) is 11.5 Å². The first-order valence-electron chi connectivity index (χ1n) is 9.40.